The smallest absolute Gasteiger partial charge is 0.107 e. The van der Waals surface area contributed by atoms with Crippen LogP contribution in [-0.2, 0) is 9.89 Å². The molecule has 2 heterocycles. The summed E-state index contributed by atoms with van der Waals surface area (Å²) in [4.78, 5) is 7.49. The second-order valence-electron chi connectivity index (χ2n) is 4.34. The van der Waals surface area contributed by atoms with Crippen LogP contribution >= 0.6 is 11.8 Å². The third kappa shape index (κ3) is 1.01. The number of allylic oxidation sites excluding steroid dienone is 2. The molecular weight excluding hydrogens is 218 g/mol. The first kappa shape index (κ1) is 10.4. The molecule has 0 bridgehead atoms. The van der Waals surface area contributed by atoms with Crippen LogP contribution in [0.25, 0.3) is 0 Å². The molecule has 16 heavy (non-hydrogen) atoms. The summed E-state index contributed by atoms with van der Waals surface area (Å²) >= 11 is 1.86. The van der Waals surface area contributed by atoms with E-state index < -0.39 is 0 Å². The Morgan fingerprint density at radius 1 is 1.25 bits per heavy atom. The fraction of sp³-hybridized carbons (Fsp3) is 0.385. The molecule has 0 aromatic heterocycles. The fourth-order valence-corrected chi connectivity index (χ4v) is 4.13. The third-order valence-electron chi connectivity index (χ3n) is 3.65. The van der Waals surface area contributed by atoms with Crippen molar-refractivity contribution in [1.29, 1.82) is 0 Å². The van der Waals surface area contributed by atoms with Gasteiger partial charge in [-0.25, -0.2) is 0 Å². The maximum atomic E-state index is 6.09. The summed E-state index contributed by atoms with van der Waals surface area (Å²) in [5, 5.41) is -0.176. The summed E-state index contributed by atoms with van der Waals surface area (Å²) in [6.07, 6.45) is 0. The van der Waals surface area contributed by atoms with Crippen molar-refractivity contribution in [1.82, 2.24) is 0 Å². The summed E-state index contributed by atoms with van der Waals surface area (Å²) in [6, 6.07) is 10.5. The maximum Gasteiger partial charge on any atom is 0.366 e. The monoisotopic (exact) mass is 234 g/mol. The van der Waals surface area contributed by atoms with Crippen LogP contribution in [0.4, 0.5) is 0 Å². The Bertz CT molecular complexity index is 470. The number of rotatable bonds is 2. The maximum absolute atomic E-state index is 6.09. The number of benzene rings is 1. The standard InChI is InChI=1S/C13H16NOS/c1-4-14-10(2)11(3)16-13(14,15-14)12-8-6-5-7-9-12/h5-9H,4H2,1-3H3/q+1. The van der Waals surface area contributed by atoms with Crippen molar-refractivity contribution in [2.45, 2.75) is 25.8 Å². The van der Waals surface area contributed by atoms with Crippen molar-refractivity contribution >= 4 is 11.8 Å². The largest absolute Gasteiger partial charge is 0.366 e. The number of hydrogen-bond donors (Lipinski definition) is 0. The SMILES string of the molecule is CC[N+]12OC1(c1ccccc1)SC(C)=C2C. The molecule has 84 valence electrons. The zero-order chi connectivity index (χ0) is 11.4. The van der Waals surface area contributed by atoms with Crippen LogP contribution in [-0.4, -0.2) is 11.2 Å². The molecule has 1 aromatic rings. The van der Waals surface area contributed by atoms with E-state index in [-0.39, 0.29) is 5.06 Å². The van der Waals surface area contributed by atoms with E-state index in [1.807, 2.05) is 11.8 Å². The molecule has 0 amide bonds. The Morgan fingerprint density at radius 3 is 2.56 bits per heavy atom. The lowest BCUT2D eigenvalue weighted by Gasteiger charge is -2.09. The topological polar surface area (TPSA) is 12.5 Å². The van der Waals surface area contributed by atoms with Crippen LogP contribution in [0.3, 0.4) is 0 Å². The summed E-state index contributed by atoms with van der Waals surface area (Å²) < 4.78 is 0.688. The van der Waals surface area contributed by atoms with Gasteiger partial charge in [0.05, 0.1) is 10.5 Å². The summed E-state index contributed by atoms with van der Waals surface area (Å²) in [7, 11) is 0. The van der Waals surface area contributed by atoms with Gasteiger partial charge in [0.25, 0.3) is 0 Å². The van der Waals surface area contributed by atoms with Gasteiger partial charge in [-0.05, 0) is 37.7 Å². The predicted octanol–water partition coefficient (Wildman–Crippen LogP) is 3.58. The number of hydrogen-bond acceptors (Lipinski definition) is 2. The van der Waals surface area contributed by atoms with E-state index in [9.17, 15) is 0 Å². The van der Waals surface area contributed by atoms with E-state index in [0.29, 0.717) is 4.65 Å². The summed E-state index contributed by atoms with van der Waals surface area (Å²) in [5.41, 5.74) is 2.63. The first-order valence-electron chi connectivity index (χ1n) is 5.68. The molecule has 3 heteroatoms. The third-order valence-corrected chi connectivity index (χ3v) is 5.13. The van der Waals surface area contributed by atoms with Crippen LogP contribution in [0.2, 0.25) is 0 Å². The van der Waals surface area contributed by atoms with E-state index in [2.05, 4.69) is 51.1 Å². The van der Waals surface area contributed by atoms with Crippen molar-refractivity contribution < 1.29 is 9.48 Å². The van der Waals surface area contributed by atoms with Crippen molar-refractivity contribution in [3.63, 3.8) is 0 Å². The van der Waals surface area contributed by atoms with Gasteiger partial charge >= 0.3 is 5.06 Å². The molecule has 0 spiro atoms. The second-order valence-corrected chi connectivity index (χ2v) is 5.71. The number of hydroxylamine groups is 3. The van der Waals surface area contributed by atoms with Gasteiger partial charge in [-0.15, -0.1) is 4.84 Å². The molecule has 2 aliphatic heterocycles. The van der Waals surface area contributed by atoms with Gasteiger partial charge in [0.1, 0.15) is 6.54 Å². The van der Waals surface area contributed by atoms with Gasteiger partial charge in [-0.1, -0.05) is 22.8 Å². The molecule has 0 aliphatic carbocycles. The van der Waals surface area contributed by atoms with Crippen LogP contribution in [0.5, 0.6) is 0 Å². The predicted molar refractivity (Wildman–Crippen MR) is 66.0 cm³/mol. The molecule has 1 saturated heterocycles. The molecule has 0 N–H and O–H groups in total. The highest BCUT2D eigenvalue weighted by atomic mass is 32.2. The van der Waals surface area contributed by atoms with Gasteiger partial charge in [-0.3, -0.25) is 0 Å². The van der Waals surface area contributed by atoms with Gasteiger partial charge in [-0.2, -0.15) is 0 Å². The highest BCUT2D eigenvalue weighted by Crippen LogP contribution is 2.70. The molecular formula is C13H16NOS+. The lowest BCUT2D eigenvalue weighted by molar-refractivity contribution is -0.888. The van der Waals surface area contributed by atoms with Crippen molar-refractivity contribution in [2.24, 2.45) is 0 Å². The quantitative estimate of drug-likeness (QED) is 0.573. The van der Waals surface area contributed by atoms with E-state index in [4.69, 9.17) is 4.84 Å². The Morgan fingerprint density at radius 2 is 1.94 bits per heavy atom. The minimum absolute atomic E-state index is 0.176. The first-order valence-corrected chi connectivity index (χ1v) is 6.49. The van der Waals surface area contributed by atoms with E-state index in [0.717, 1.165) is 6.54 Å². The molecule has 3 rings (SSSR count). The lowest BCUT2D eigenvalue weighted by Crippen LogP contribution is -2.27. The minimum Gasteiger partial charge on any atom is -0.107 e. The average molecular weight is 234 g/mol. The number of quaternary nitrogens is 1. The minimum atomic E-state index is -0.176. The molecule has 2 aliphatic rings. The van der Waals surface area contributed by atoms with Crippen LogP contribution in [0.1, 0.15) is 26.3 Å². The normalized spacial score (nSPS) is 36.4. The van der Waals surface area contributed by atoms with E-state index >= 15 is 0 Å². The molecule has 2 nitrogen and oxygen atoms in total. The molecule has 1 aromatic carbocycles. The first-order chi connectivity index (χ1) is 7.66. The zero-order valence-electron chi connectivity index (χ0n) is 9.86. The average Bonchev–Trinajstić information content (AvgIpc) is 2.94. The molecule has 1 fully saturated rings. The Labute approximate surface area is 100 Å². The molecule has 2 atom stereocenters. The fourth-order valence-electron chi connectivity index (χ4n) is 2.59. The zero-order valence-corrected chi connectivity index (χ0v) is 10.7. The Hall–Kier alpha value is -0.770. The molecule has 2 unspecified atom stereocenters. The Kier molecular flexibility index (Phi) is 2.03. The Balaban J connectivity index is 2.07. The summed E-state index contributed by atoms with van der Waals surface area (Å²) in [6.45, 7) is 7.55. The van der Waals surface area contributed by atoms with Crippen LogP contribution < -0.4 is 0 Å². The lowest BCUT2D eigenvalue weighted by atomic mass is 10.2. The molecule has 0 saturated carbocycles. The van der Waals surface area contributed by atoms with Crippen molar-refractivity contribution in [3.8, 4) is 0 Å². The van der Waals surface area contributed by atoms with Gasteiger partial charge in [0.2, 0.25) is 0 Å². The van der Waals surface area contributed by atoms with Crippen LogP contribution in [0, 0.1) is 0 Å². The number of fused-ring (bicyclic) bond motifs is 1. The molecule has 0 radical (unpaired) electrons. The number of thioether (sulfide) groups is 1. The number of nitrogens with zero attached hydrogens (tertiary/aromatic N) is 1. The van der Waals surface area contributed by atoms with Gasteiger partial charge in [0.15, 0.2) is 5.70 Å². The summed E-state index contributed by atoms with van der Waals surface area (Å²) in [5.74, 6) is 0. The van der Waals surface area contributed by atoms with E-state index in [1.165, 1.54) is 16.2 Å². The van der Waals surface area contributed by atoms with Crippen molar-refractivity contribution in [3.05, 3.63) is 46.5 Å². The van der Waals surface area contributed by atoms with Crippen LogP contribution in [0.15, 0.2) is 40.9 Å². The van der Waals surface area contributed by atoms with Gasteiger partial charge in [0, 0.05) is 6.92 Å². The van der Waals surface area contributed by atoms with E-state index in [1.54, 1.807) is 0 Å². The highest BCUT2D eigenvalue weighted by Gasteiger charge is 2.80. The highest BCUT2D eigenvalue weighted by molar-refractivity contribution is 8.04. The second kappa shape index (κ2) is 3.13. The van der Waals surface area contributed by atoms with Gasteiger partial charge < -0.3 is 0 Å². The van der Waals surface area contributed by atoms with Crippen molar-refractivity contribution in [2.75, 3.05) is 6.54 Å².